The molecule has 0 unspecified atom stereocenters. The maximum atomic E-state index is 12.0. The molecule has 0 fully saturated rings. The van der Waals surface area contributed by atoms with Gasteiger partial charge in [0.2, 0.25) is 0 Å². The monoisotopic (exact) mass is 430 g/mol. The van der Waals surface area contributed by atoms with Crippen molar-refractivity contribution in [1.82, 2.24) is 25.5 Å². The number of nitrogens with zero attached hydrogens (tertiary/aromatic N) is 4. The predicted molar refractivity (Wildman–Crippen MR) is 95.5 cm³/mol. The van der Waals surface area contributed by atoms with Gasteiger partial charge in [-0.25, -0.2) is 0 Å². The summed E-state index contributed by atoms with van der Waals surface area (Å²) in [4.78, 5) is 13.5. The Kier molecular flexibility index (Phi) is 5.77. The number of hydrogen-bond donors (Lipinski definition) is 2. The first-order valence-corrected chi connectivity index (χ1v) is 8.08. The Morgan fingerprint density at radius 1 is 1.36 bits per heavy atom. The van der Waals surface area contributed by atoms with Gasteiger partial charge in [-0.3, -0.25) is 15.4 Å². The summed E-state index contributed by atoms with van der Waals surface area (Å²) in [6.07, 6.45) is 0. The molecule has 1 aromatic heterocycles. The third-order valence-corrected chi connectivity index (χ3v) is 3.46. The molecule has 1 heterocycles. The van der Waals surface area contributed by atoms with Crippen molar-refractivity contribution in [3.05, 3.63) is 33.4 Å². The Balaban J connectivity index is 1.91. The maximum absolute atomic E-state index is 12.0. The lowest BCUT2D eigenvalue weighted by atomic mass is 10.2. The van der Waals surface area contributed by atoms with Crippen LogP contribution in [0.4, 0.5) is 5.95 Å². The summed E-state index contributed by atoms with van der Waals surface area (Å²) < 4.78 is 1.06. The average Bonchev–Trinajstić information content (AvgIpc) is 2.85. The minimum absolute atomic E-state index is 0.132. The SMILES string of the molecule is CC(C)Cn1nnc(NC(=S)NC(=O)c2ccc(I)cc2)n1. The summed E-state index contributed by atoms with van der Waals surface area (Å²) in [5.74, 6) is 0.381. The van der Waals surface area contributed by atoms with Gasteiger partial charge < -0.3 is 0 Å². The van der Waals surface area contributed by atoms with Gasteiger partial charge in [0.1, 0.15) is 0 Å². The highest BCUT2D eigenvalue weighted by Gasteiger charge is 2.10. The van der Waals surface area contributed by atoms with Gasteiger partial charge in [0, 0.05) is 9.13 Å². The summed E-state index contributed by atoms with van der Waals surface area (Å²) >= 11 is 7.25. The number of carbonyl (C=O) groups excluding carboxylic acids is 1. The molecule has 2 N–H and O–H groups in total. The number of tetrazole rings is 1. The average molecular weight is 430 g/mol. The van der Waals surface area contributed by atoms with E-state index in [4.69, 9.17) is 12.2 Å². The molecule has 0 saturated heterocycles. The van der Waals surface area contributed by atoms with Gasteiger partial charge in [-0.1, -0.05) is 18.9 Å². The lowest BCUT2D eigenvalue weighted by Crippen LogP contribution is -2.34. The fourth-order valence-corrected chi connectivity index (χ4v) is 2.15. The van der Waals surface area contributed by atoms with E-state index in [2.05, 4.69) is 62.5 Å². The first-order valence-electron chi connectivity index (χ1n) is 6.59. The van der Waals surface area contributed by atoms with E-state index in [9.17, 15) is 4.79 Å². The number of nitrogens with one attached hydrogen (secondary N) is 2. The highest BCUT2D eigenvalue weighted by atomic mass is 127. The molecule has 0 aliphatic heterocycles. The molecule has 22 heavy (non-hydrogen) atoms. The third kappa shape index (κ3) is 4.98. The van der Waals surface area contributed by atoms with Gasteiger partial charge in [0.25, 0.3) is 11.9 Å². The first-order chi connectivity index (χ1) is 10.4. The van der Waals surface area contributed by atoms with E-state index >= 15 is 0 Å². The van der Waals surface area contributed by atoms with E-state index < -0.39 is 0 Å². The number of halogens is 1. The van der Waals surface area contributed by atoms with Gasteiger partial charge in [0.05, 0.1) is 6.54 Å². The van der Waals surface area contributed by atoms with Crippen molar-refractivity contribution in [3.8, 4) is 0 Å². The molecule has 7 nitrogen and oxygen atoms in total. The molecule has 1 amide bonds. The molecular formula is C13H15IN6OS. The van der Waals surface area contributed by atoms with Crippen LogP contribution < -0.4 is 10.6 Å². The van der Waals surface area contributed by atoms with Crippen molar-refractivity contribution in [2.24, 2.45) is 5.92 Å². The Morgan fingerprint density at radius 2 is 2.05 bits per heavy atom. The van der Waals surface area contributed by atoms with Crippen LogP contribution in [0.25, 0.3) is 0 Å². The Bertz CT molecular complexity index is 669. The molecule has 9 heteroatoms. The largest absolute Gasteiger partial charge is 0.299 e. The molecule has 0 aliphatic rings. The molecule has 0 atom stereocenters. The van der Waals surface area contributed by atoms with Crippen molar-refractivity contribution in [2.75, 3.05) is 5.32 Å². The number of carbonyl (C=O) groups is 1. The van der Waals surface area contributed by atoms with Crippen LogP contribution in [0.2, 0.25) is 0 Å². The molecule has 0 spiro atoms. The number of aromatic nitrogens is 4. The van der Waals surface area contributed by atoms with Crippen LogP contribution in [-0.2, 0) is 6.54 Å². The Hall–Kier alpha value is -1.62. The van der Waals surface area contributed by atoms with Crippen molar-refractivity contribution < 1.29 is 4.79 Å². The van der Waals surface area contributed by atoms with Crippen LogP contribution >= 0.6 is 34.8 Å². The van der Waals surface area contributed by atoms with Gasteiger partial charge >= 0.3 is 0 Å². The molecular weight excluding hydrogens is 415 g/mol. The molecule has 0 bridgehead atoms. The summed E-state index contributed by atoms with van der Waals surface area (Å²) in [6.45, 7) is 4.78. The zero-order valence-electron chi connectivity index (χ0n) is 12.1. The Morgan fingerprint density at radius 3 is 2.68 bits per heavy atom. The van der Waals surface area contributed by atoms with E-state index in [-0.39, 0.29) is 17.0 Å². The predicted octanol–water partition coefficient (Wildman–Crippen LogP) is 2.06. The number of benzene rings is 1. The van der Waals surface area contributed by atoms with Crippen molar-refractivity contribution in [3.63, 3.8) is 0 Å². The number of thiocarbonyl (C=S) groups is 1. The number of rotatable bonds is 4. The van der Waals surface area contributed by atoms with E-state index in [0.717, 1.165) is 3.57 Å². The molecule has 0 radical (unpaired) electrons. The second-order valence-electron chi connectivity index (χ2n) is 4.98. The normalized spacial score (nSPS) is 10.5. The minimum atomic E-state index is -0.288. The topological polar surface area (TPSA) is 84.7 Å². The molecule has 0 saturated carbocycles. The van der Waals surface area contributed by atoms with Crippen LogP contribution in [0.5, 0.6) is 0 Å². The highest BCUT2D eigenvalue weighted by Crippen LogP contribution is 2.06. The lowest BCUT2D eigenvalue weighted by molar-refractivity contribution is 0.0977. The second kappa shape index (κ2) is 7.58. The molecule has 2 aromatic rings. The fourth-order valence-electron chi connectivity index (χ4n) is 1.61. The first kappa shape index (κ1) is 16.7. The lowest BCUT2D eigenvalue weighted by Gasteiger charge is -2.06. The summed E-state index contributed by atoms with van der Waals surface area (Å²) in [7, 11) is 0. The van der Waals surface area contributed by atoms with E-state index in [1.807, 2.05) is 12.1 Å². The quantitative estimate of drug-likeness (QED) is 0.571. The molecule has 116 valence electrons. The fraction of sp³-hybridized carbons (Fsp3) is 0.308. The van der Waals surface area contributed by atoms with Crippen LogP contribution in [0.1, 0.15) is 24.2 Å². The highest BCUT2D eigenvalue weighted by molar-refractivity contribution is 14.1. The van der Waals surface area contributed by atoms with Crippen molar-refractivity contribution >= 4 is 51.8 Å². The van der Waals surface area contributed by atoms with Gasteiger partial charge in [-0.05, 0) is 70.2 Å². The maximum Gasteiger partial charge on any atom is 0.269 e. The Labute approximate surface area is 147 Å². The number of hydrogen-bond acceptors (Lipinski definition) is 5. The van der Waals surface area contributed by atoms with Gasteiger partial charge in [-0.2, -0.15) is 4.80 Å². The third-order valence-electron chi connectivity index (χ3n) is 2.54. The second-order valence-corrected chi connectivity index (χ2v) is 6.63. The summed E-state index contributed by atoms with van der Waals surface area (Å²) in [6, 6.07) is 7.17. The number of amides is 1. The van der Waals surface area contributed by atoms with E-state index in [1.54, 1.807) is 12.1 Å². The summed E-state index contributed by atoms with van der Waals surface area (Å²) in [5.41, 5.74) is 0.529. The van der Waals surface area contributed by atoms with Crippen LogP contribution in [-0.4, -0.2) is 31.2 Å². The molecule has 0 aliphatic carbocycles. The van der Waals surface area contributed by atoms with Crippen molar-refractivity contribution in [1.29, 1.82) is 0 Å². The minimum Gasteiger partial charge on any atom is -0.299 e. The van der Waals surface area contributed by atoms with E-state index in [0.29, 0.717) is 18.0 Å². The van der Waals surface area contributed by atoms with Gasteiger partial charge in [0.15, 0.2) is 5.11 Å². The zero-order valence-corrected chi connectivity index (χ0v) is 15.1. The zero-order chi connectivity index (χ0) is 16.1. The molecule has 2 rings (SSSR count). The van der Waals surface area contributed by atoms with Crippen LogP contribution in [0.3, 0.4) is 0 Å². The molecule has 1 aromatic carbocycles. The van der Waals surface area contributed by atoms with E-state index in [1.165, 1.54) is 4.80 Å². The number of anilines is 1. The smallest absolute Gasteiger partial charge is 0.269 e. The standard InChI is InChI=1S/C13H15IN6OS/c1-8(2)7-20-18-12(17-19-20)16-13(22)15-11(21)9-3-5-10(14)6-4-9/h3-6,8H,7H2,1-2H3,(H2,15,16,18,21,22). The summed E-state index contributed by atoms with van der Waals surface area (Å²) in [5, 5.41) is 17.3. The van der Waals surface area contributed by atoms with Crippen LogP contribution in [0, 0.1) is 9.49 Å². The van der Waals surface area contributed by atoms with Crippen LogP contribution in [0.15, 0.2) is 24.3 Å². The van der Waals surface area contributed by atoms with Crippen molar-refractivity contribution in [2.45, 2.75) is 20.4 Å². The van der Waals surface area contributed by atoms with Gasteiger partial charge in [-0.15, -0.1) is 5.10 Å².